The molecule has 122 valence electrons. The summed E-state index contributed by atoms with van der Waals surface area (Å²) in [6.45, 7) is 5.89. The molecule has 2 aromatic carbocycles. The minimum absolute atomic E-state index is 0.329. The van der Waals surface area contributed by atoms with Crippen LogP contribution in [0.5, 0.6) is 0 Å². The molecule has 0 atom stereocenters. The Bertz CT molecular complexity index is 597. The Morgan fingerprint density at radius 1 is 1.09 bits per heavy atom. The standard InChI is InChI=1S/C19H24N2O2/c1-2-21(18-7-4-3-5-8-18)14-6-13-20-15-16-9-11-17(12-10-16)19(22)23/h3-5,7-12,20H,2,6,13-15H2,1H3,(H,22,23). The Morgan fingerprint density at radius 2 is 1.78 bits per heavy atom. The Morgan fingerprint density at radius 3 is 2.39 bits per heavy atom. The lowest BCUT2D eigenvalue weighted by Crippen LogP contribution is -2.27. The monoisotopic (exact) mass is 312 g/mol. The Kier molecular flexibility index (Phi) is 6.63. The van der Waals surface area contributed by atoms with Gasteiger partial charge in [0.25, 0.3) is 0 Å². The first-order chi connectivity index (χ1) is 11.2. The molecule has 2 rings (SSSR count). The topological polar surface area (TPSA) is 52.6 Å². The van der Waals surface area contributed by atoms with Gasteiger partial charge in [0, 0.05) is 25.3 Å². The summed E-state index contributed by atoms with van der Waals surface area (Å²) in [5, 5.41) is 12.3. The molecule has 2 aromatic rings. The number of anilines is 1. The molecule has 0 aliphatic heterocycles. The molecule has 4 nitrogen and oxygen atoms in total. The van der Waals surface area contributed by atoms with Crippen LogP contribution in [-0.2, 0) is 6.54 Å². The van der Waals surface area contributed by atoms with Crippen LogP contribution in [0.3, 0.4) is 0 Å². The molecule has 0 unspecified atom stereocenters. The molecule has 0 fully saturated rings. The molecule has 0 radical (unpaired) electrons. The lowest BCUT2D eigenvalue weighted by molar-refractivity contribution is 0.0697. The van der Waals surface area contributed by atoms with Crippen molar-refractivity contribution in [2.75, 3.05) is 24.5 Å². The second-order valence-electron chi connectivity index (χ2n) is 5.45. The van der Waals surface area contributed by atoms with E-state index in [1.165, 1.54) is 5.69 Å². The van der Waals surface area contributed by atoms with Crippen LogP contribution in [0, 0.1) is 0 Å². The van der Waals surface area contributed by atoms with Crippen molar-refractivity contribution in [3.63, 3.8) is 0 Å². The van der Waals surface area contributed by atoms with Crippen LogP contribution in [0.25, 0.3) is 0 Å². The highest BCUT2D eigenvalue weighted by molar-refractivity contribution is 5.87. The highest BCUT2D eigenvalue weighted by Gasteiger charge is 2.03. The van der Waals surface area contributed by atoms with Crippen molar-refractivity contribution >= 4 is 11.7 Å². The van der Waals surface area contributed by atoms with Gasteiger partial charge < -0.3 is 15.3 Å². The van der Waals surface area contributed by atoms with Gasteiger partial charge in [-0.05, 0) is 49.7 Å². The third-order valence-corrected chi connectivity index (χ3v) is 3.81. The van der Waals surface area contributed by atoms with Crippen molar-refractivity contribution < 1.29 is 9.90 Å². The van der Waals surface area contributed by atoms with Gasteiger partial charge in [-0.15, -0.1) is 0 Å². The van der Waals surface area contributed by atoms with Gasteiger partial charge in [-0.25, -0.2) is 4.79 Å². The van der Waals surface area contributed by atoms with Crippen LogP contribution in [-0.4, -0.2) is 30.7 Å². The van der Waals surface area contributed by atoms with Gasteiger partial charge in [0.15, 0.2) is 0 Å². The molecule has 0 aliphatic rings. The molecule has 0 bridgehead atoms. The molecular formula is C19H24N2O2. The normalized spacial score (nSPS) is 10.5. The van der Waals surface area contributed by atoms with Crippen LogP contribution in [0.4, 0.5) is 5.69 Å². The van der Waals surface area contributed by atoms with Crippen molar-refractivity contribution in [3.8, 4) is 0 Å². The highest BCUT2D eigenvalue weighted by Crippen LogP contribution is 2.12. The van der Waals surface area contributed by atoms with E-state index in [0.29, 0.717) is 5.56 Å². The Labute approximate surface area is 137 Å². The van der Waals surface area contributed by atoms with Crippen LogP contribution in [0.1, 0.15) is 29.3 Å². The first-order valence-corrected chi connectivity index (χ1v) is 8.03. The minimum atomic E-state index is -0.884. The third kappa shape index (κ3) is 5.42. The largest absolute Gasteiger partial charge is 0.478 e. The summed E-state index contributed by atoms with van der Waals surface area (Å²) in [6.07, 6.45) is 1.07. The number of carbonyl (C=O) groups is 1. The van der Waals surface area contributed by atoms with E-state index in [0.717, 1.165) is 38.2 Å². The zero-order chi connectivity index (χ0) is 16.5. The number of nitrogens with zero attached hydrogens (tertiary/aromatic N) is 1. The number of hydrogen-bond donors (Lipinski definition) is 2. The SMILES string of the molecule is CCN(CCCNCc1ccc(C(=O)O)cc1)c1ccccc1. The molecule has 4 heteroatoms. The number of hydrogen-bond acceptors (Lipinski definition) is 3. The quantitative estimate of drug-likeness (QED) is 0.697. The summed E-state index contributed by atoms with van der Waals surface area (Å²) in [6, 6.07) is 17.5. The maximum absolute atomic E-state index is 10.8. The fourth-order valence-corrected chi connectivity index (χ4v) is 2.50. The fraction of sp³-hybridized carbons (Fsp3) is 0.316. The highest BCUT2D eigenvalue weighted by atomic mass is 16.4. The van der Waals surface area contributed by atoms with Crippen LogP contribution in [0.2, 0.25) is 0 Å². The van der Waals surface area contributed by atoms with Gasteiger partial charge in [-0.3, -0.25) is 0 Å². The van der Waals surface area contributed by atoms with E-state index < -0.39 is 5.97 Å². The summed E-state index contributed by atoms with van der Waals surface area (Å²) in [5.41, 5.74) is 2.69. The van der Waals surface area contributed by atoms with Gasteiger partial charge in [0.1, 0.15) is 0 Å². The maximum Gasteiger partial charge on any atom is 0.335 e. The van der Waals surface area contributed by atoms with Gasteiger partial charge in [-0.1, -0.05) is 30.3 Å². The second kappa shape index (κ2) is 8.96. The molecule has 0 spiro atoms. The van der Waals surface area contributed by atoms with E-state index in [-0.39, 0.29) is 0 Å². The summed E-state index contributed by atoms with van der Waals surface area (Å²) in [7, 11) is 0. The van der Waals surface area contributed by atoms with E-state index in [1.807, 2.05) is 18.2 Å². The molecule has 23 heavy (non-hydrogen) atoms. The number of aromatic carboxylic acids is 1. The molecule has 0 saturated carbocycles. The van der Waals surface area contributed by atoms with E-state index in [4.69, 9.17) is 5.11 Å². The summed E-state index contributed by atoms with van der Waals surface area (Å²) in [4.78, 5) is 13.2. The average Bonchev–Trinajstić information content (AvgIpc) is 2.59. The van der Waals surface area contributed by atoms with Gasteiger partial charge >= 0.3 is 5.97 Å². The first kappa shape index (κ1) is 17.0. The number of rotatable bonds is 9. The summed E-state index contributed by atoms with van der Waals surface area (Å²) < 4.78 is 0. The number of benzene rings is 2. The average molecular weight is 312 g/mol. The number of nitrogens with one attached hydrogen (secondary N) is 1. The van der Waals surface area contributed by atoms with Crippen LogP contribution >= 0.6 is 0 Å². The van der Waals surface area contributed by atoms with Crippen molar-refractivity contribution in [2.45, 2.75) is 19.9 Å². The molecule has 2 N–H and O–H groups in total. The minimum Gasteiger partial charge on any atom is -0.478 e. The molecule has 0 aliphatic carbocycles. The van der Waals surface area contributed by atoms with Gasteiger partial charge in [0.05, 0.1) is 5.56 Å². The lowest BCUT2D eigenvalue weighted by atomic mass is 10.1. The molecule has 0 saturated heterocycles. The van der Waals surface area contributed by atoms with Crippen molar-refractivity contribution in [2.24, 2.45) is 0 Å². The van der Waals surface area contributed by atoms with Gasteiger partial charge in [0.2, 0.25) is 0 Å². The lowest BCUT2D eigenvalue weighted by Gasteiger charge is -2.23. The Balaban J connectivity index is 1.70. The molecule has 0 heterocycles. The third-order valence-electron chi connectivity index (χ3n) is 3.81. The van der Waals surface area contributed by atoms with Crippen molar-refractivity contribution in [1.29, 1.82) is 0 Å². The zero-order valence-electron chi connectivity index (χ0n) is 13.5. The van der Waals surface area contributed by atoms with E-state index in [2.05, 4.69) is 41.4 Å². The molecule has 0 aromatic heterocycles. The molecule has 0 amide bonds. The maximum atomic E-state index is 10.8. The summed E-state index contributed by atoms with van der Waals surface area (Å²) >= 11 is 0. The summed E-state index contributed by atoms with van der Waals surface area (Å²) in [5.74, 6) is -0.884. The van der Waals surface area contributed by atoms with Crippen LogP contribution < -0.4 is 10.2 Å². The predicted molar refractivity (Wildman–Crippen MR) is 94.1 cm³/mol. The van der Waals surface area contributed by atoms with Gasteiger partial charge in [-0.2, -0.15) is 0 Å². The predicted octanol–water partition coefficient (Wildman–Crippen LogP) is 3.39. The van der Waals surface area contributed by atoms with E-state index in [9.17, 15) is 4.79 Å². The first-order valence-electron chi connectivity index (χ1n) is 8.03. The molecular weight excluding hydrogens is 288 g/mol. The number of para-hydroxylation sites is 1. The second-order valence-corrected chi connectivity index (χ2v) is 5.45. The van der Waals surface area contributed by atoms with Crippen molar-refractivity contribution in [3.05, 3.63) is 65.7 Å². The van der Waals surface area contributed by atoms with Crippen LogP contribution in [0.15, 0.2) is 54.6 Å². The smallest absolute Gasteiger partial charge is 0.335 e. The number of carboxylic acids is 1. The fourth-order valence-electron chi connectivity index (χ4n) is 2.50. The Hall–Kier alpha value is -2.33. The van der Waals surface area contributed by atoms with E-state index >= 15 is 0 Å². The van der Waals surface area contributed by atoms with E-state index in [1.54, 1.807) is 12.1 Å². The zero-order valence-corrected chi connectivity index (χ0v) is 13.5. The van der Waals surface area contributed by atoms with Crippen molar-refractivity contribution in [1.82, 2.24) is 5.32 Å². The number of carboxylic acid groups (broad SMARTS) is 1.